The van der Waals surface area contributed by atoms with Crippen molar-refractivity contribution >= 4 is 44.3 Å². The van der Waals surface area contributed by atoms with Crippen molar-refractivity contribution in [3.8, 4) is 0 Å². The van der Waals surface area contributed by atoms with Gasteiger partial charge in [-0.25, -0.2) is 4.39 Å². The molecule has 1 aromatic rings. The summed E-state index contributed by atoms with van der Waals surface area (Å²) in [7, 11) is 0. The summed E-state index contributed by atoms with van der Waals surface area (Å²) in [6.45, 7) is 7.17. The van der Waals surface area contributed by atoms with Crippen LogP contribution in [0.1, 0.15) is 32.6 Å². The third-order valence-corrected chi connectivity index (χ3v) is 4.94. The van der Waals surface area contributed by atoms with Crippen LogP contribution in [0.2, 0.25) is 0 Å². The van der Waals surface area contributed by atoms with Gasteiger partial charge in [0.25, 0.3) is 0 Å². The van der Waals surface area contributed by atoms with Gasteiger partial charge in [-0.1, -0.05) is 4.40 Å². The number of rotatable bonds is 2. The highest BCUT2D eigenvalue weighted by atomic mass is 79.9. The molecular formula is C10H13BrFNOS2. The second-order valence-corrected chi connectivity index (χ2v) is 8.60. The Morgan fingerprint density at radius 3 is 2.50 bits per heavy atom. The summed E-state index contributed by atoms with van der Waals surface area (Å²) in [5, 5.41) is 0. The van der Waals surface area contributed by atoms with Gasteiger partial charge in [-0.15, -0.1) is 11.3 Å². The molecule has 90 valence electrons. The highest BCUT2D eigenvalue weighted by molar-refractivity contribution is 9.11. The lowest BCUT2D eigenvalue weighted by Crippen LogP contribution is -2.26. The number of hydrogen-bond donors (Lipinski definition) is 0. The molecule has 0 fully saturated rings. The Bertz CT molecular complexity index is 411. The van der Waals surface area contributed by atoms with Crippen molar-refractivity contribution < 1.29 is 8.94 Å². The molecule has 0 aromatic carbocycles. The molecule has 1 rings (SSSR count). The maximum absolute atomic E-state index is 13.4. The van der Waals surface area contributed by atoms with Gasteiger partial charge in [0.2, 0.25) is 0 Å². The molecule has 1 atom stereocenters. The van der Waals surface area contributed by atoms with Gasteiger partial charge < -0.3 is 4.55 Å². The van der Waals surface area contributed by atoms with E-state index < -0.39 is 16.1 Å². The number of halogens is 2. The molecule has 0 N–H and O–H groups in total. The Hall–Kier alpha value is 0.0900. The largest absolute Gasteiger partial charge is 0.591 e. The molecule has 16 heavy (non-hydrogen) atoms. The zero-order valence-corrected chi connectivity index (χ0v) is 12.7. The summed E-state index contributed by atoms with van der Waals surface area (Å²) in [6, 6.07) is 1.39. The Kier molecular flexibility index (Phi) is 4.57. The fourth-order valence-electron chi connectivity index (χ4n) is 0.890. The summed E-state index contributed by atoms with van der Waals surface area (Å²) >= 11 is 3.10. The molecule has 1 aromatic heterocycles. The standard InChI is InChI=1S/C10H13BrFNOS2/c1-6(13-16(14)10(2,3)4)9-7(12)5-8(11)15-9/h5H,1-4H3/b13-6+/t16-/m1/s1. The molecule has 0 radical (unpaired) electrons. The molecule has 0 saturated carbocycles. The molecular weight excluding hydrogens is 313 g/mol. The minimum atomic E-state index is -1.35. The van der Waals surface area contributed by atoms with Gasteiger partial charge >= 0.3 is 0 Å². The maximum atomic E-state index is 13.4. The average molecular weight is 326 g/mol. The highest BCUT2D eigenvalue weighted by Crippen LogP contribution is 2.27. The van der Waals surface area contributed by atoms with E-state index in [1.54, 1.807) is 6.92 Å². The SMILES string of the molecule is C/C(=N\[S@+]([O-])C(C)(C)C)c1sc(Br)cc1F. The molecule has 0 spiro atoms. The Balaban J connectivity index is 2.98. The molecule has 0 unspecified atom stereocenters. The summed E-state index contributed by atoms with van der Waals surface area (Å²) in [4.78, 5) is 0.435. The van der Waals surface area contributed by atoms with Crippen LogP contribution in [0.3, 0.4) is 0 Å². The van der Waals surface area contributed by atoms with E-state index in [0.717, 1.165) is 0 Å². The minimum Gasteiger partial charge on any atom is -0.591 e. The van der Waals surface area contributed by atoms with E-state index in [4.69, 9.17) is 0 Å². The highest BCUT2D eigenvalue weighted by Gasteiger charge is 2.27. The van der Waals surface area contributed by atoms with Gasteiger partial charge in [0.1, 0.15) is 27.6 Å². The first-order valence-electron chi connectivity index (χ1n) is 4.64. The van der Waals surface area contributed by atoms with Crippen molar-refractivity contribution in [1.82, 2.24) is 0 Å². The second-order valence-electron chi connectivity index (χ2n) is 4.27. The Morgan fingerprint density at radius 1 is 1.56 bits per heavy atom. The Morgan fingerprint density at radius 2 is 2.12 bits per heavy atom. The van der Waals surface area contributed by atoms with Crippen LogP contribution in [-0.4, -0.2) is 15.0 Å². The second kappa shape index (κ2) is 5.16. The van der Waals surface area contributed by atoms with Crippen LogP contribution < -0.4 is 0 Å². The van der Waals surface area contributed by atoms with Crippen LogP contribution >= 0.6 is 27.3 Å². The van der Waals surface area contributed by atoms with Gasteiger partial charge in [-0.3, -0.25) is 0 Å². The van der Waals surface area contributed by atoms with Gasteiger partial charge in [0.05, 0.1) is 8.66 Å². The van der Waals surface area contributed by atoms with Crippen LogP contribution in [0.5, 0.6) is 0 Å². The monoisotopic (exact) mass is 325 g/mol. The number of thiophene rings is 1. The van der Waals surface area contributed by atoms with E-state index in [9.17, 15) is 8.94 Å². The van der Waals surface area contributed by atoms with E-state index in [0.29, 0.717) is 14.4 Å². The summed E-state index contributed by atoms with van der Waals surface area (Å²) in [6.07, 6.45) is 0. The first-order chi connectivity index (χ1) is 7.21. The summed E-state index contributed by atoms with van der Waals surface area (Å²) in [5.41, 5.74) is 0.474. The van der Waals surface area contributed by atoms with Crippen molar-refractivity contribution in [2.45, 2.75) is 32.4 Å². The predicted molar refractivity (Wildman–Crippen MR) is 72.1 cm³/mol. The van der Waals surface area contributed by atoms with E-state index in [2.05, 4.69) is 20.3 Å². The molecule has 6 heteroatoms. The van der Waals surface area contributed by atoms with Crippen molar-refractivity contribution in [2.75, 3.05) is 0 Å². The maximum Gasteiger partial charge on any atom is 0.144 e. The topological polar surface area (TPSA) is 35.4 Å². The molecule has 2 nitrogen and oxygen atoms in total. The zero-order valence-electron chi connectivity index (χ0n) is 9.51. The minimum absolute atomic E-state index is 0.330. The van der Waals surface area contributed by atoms with Crippen LogP contribution in [0.15, 0.2) is 14.3 Å². The third-order valence-electron chi connectivity index (χ3n) is 1.73. The quantitative estimate of drug-likeness (QED) is 0.599. The fraction of sp³-hybridized carbons (Fsp3) is 0.500. The first kappa shape index (κ1) is 14.2. The summed E-state index contributed by atoms with van der Waals surface area (Å²) in [5.74, 6) is -0.330. The van der Waals surface area contributed by atoms with Gasteiger partial charge in [-0.05, 0) is 49.7 Å². The lowest BCUT2D eigenvalue weighted by Gasteiger charge is -2.18. The normalized spacial score (nSPS) is 15.3. The van der Waals surface area contributed by atoms with Crippen molar-refractivity contribution in [1.29, 1.82) is 0 Å². The van der Waals surface area contributed by atoms with E-state index in [1.807, 2.05) is 20.8 Å². The lowest BCUT2D eigenvalue weighted by atomic mass is 10.3. The smallest absolute Gasteiger partial charge is 0.144 e. The van der Waals surface area contributed by atoms with E-state index in [-0.39, 0.29) is 5.82 Å². The zero-order chi connectivity index (χ0) is 12.5. The van der Waals surface area contributed by atoms with Crippen molar-refractivity contribution in [3.05, 3.63) is 20.5 Å². The summed E-state index contributed by atoms with van der Waals surface area (Å²) < 4.78 is 29.5. The van der Waals surface area contributed by atoms with Crippen molar-refractivity contribution in [3.63, 3.8) is 0 Å². The first-order valence-corrected chi connectivity index (χ1v) is 7.36. The molecule has 0 aliphatic rings. The molecule has 0 amide bonds. The molecule has 1 heterocycles. The average Bonchev–Trinajstić information content (AvgIpc) is 2.43. The van der Waals surface area contributed by atoms with Crippen LogP contribution in [-0.2, 0) is 11.4 Å². The number of nitrogens with zero attached hydrogens (tertiary/aromatic N) is 1. The van der Waals surface area contributed by atoms with Crippen LogP contribution in [0.4, 0.5) is 4.39 Å². The molecule has 0 aliphatic carbocycles. The lowest BCUT2D eigenvalue weighted by molar-refractivity contribution is 0.561. The fourth-order valence-corrected chi connectivity index (χ4v) is 2.96. The third kappa shape index (κ3) is 3.55. The van der Waals surface area contributed by atoms with E-state index >= 15 is 0 Å². The van der Waals surface area contributed by atoms with Crippen LogP contribution in [0.25, 0.3) is 0 Å². The van der Waals surface area contributed by atoms with Gasteiger partial charge in [0.15, 0.2) is 0 Å². The Labute approximate surface area is 110 Å². The number of hydrogen-bond acceptors (Lipinski definition) is 3. The predicted octanol–water partition coefficient (Wildman–Crippen LogP) is 3.92. The van der Waals surface area contributed by atoms with Crippen LogP contribution in [0, 0.1) is 5.82 Å². The molecule has 0 bridgehead atoms. The molecule has 0 saturated heterocycles. The van der Waals surface area contributed by atoms with Gasteiger partial charge in [-0.2, -0.15) is 0 Å². The van der Waals surface area contributed by atoms with Gasteiger partial charge in [0, 0.05) is 0 Å². The van der Waals surface area contributed by atoms with E-state index in [1.165, 1.54) is 17.4 Å². The van der Waals surface area contributed by atoms with Crippen molar-refractivity contribution in [2.24, 2.45) is 4.40 Å². The molecule has 0 aliphatic heterocycles.